The summed E-state index contributed by atoms with van der Waals surface area (Å²) in [7, 11) is 2.08. The van der Waals surface area contributed by atoms with Crippen molar-refractivity contribution in [1.82, 2.24) is 4.57 Å². The van der Waals surface area contributed by atoms with Crippen LogP contribution in [-0.2, 0) is 19.6 Å². The molecular weight excluding hydrogens is 316 g/mol. The third-order valence-corrected chi connectivity index (χ3v) is 4.58. The molecule has 1 atom stereocenters. The Morgan fingerprint density at radius 2 is 1.72 bits per heavy atom. The van der Waals surface area contributed by atoms with Crippen molar-refractivity contribution in [2.24, 2.45) is 0 Å². The zero-order chi connectivity index (χ0) is 17.4. The highest BCUT2D eigenvalue weighted by Crippen LogP contribution is 2.25. The molecule has 0 aliphatic carbocycles. The van der Waals surface area contributed by atoms with Crippen LogP contribution in [0, 0.1) is 0 Å². The summed E-state index contributed by atoms with van der Waals surface area (Å²) in [4.78, 5) is 13.4. The lowest BCUT2D eigenvalue weighted by Gasteiger charge is -2.14. The maximum atomic E-state index is 12.2. The molecule has 0 saturated heterocycles. The van der Waals surface area contributed by atoms with Crippen LogP contribution in [0.3, 0.4) is 0 Å². The molecule has 128 valence electrons. The lowest BCUT2D eigenvalue weighted by molar-refractivity contribution is -0.916. The van der Waals surface area contributed by atoms with E-state index in [0.717, 1.165) is 35.2 Å². The Hall–Kier alpha value is -2.79. The Kier molecular flexibility index (Phi) is 3.93. The first-order chi connectivity index (χ1) is 12.2. The Morgan fingerprint density at radius 3 is 2.52 bits per heavy atom. The van der Waals surface area contributed by atoms with E-state index in [1.165, 1.54) is 10.5 Å². The standard InChI is InChI=1S/C20H20N2O3/c1-3-17-15(14-8-4-6-10-18(14)24-17)12-21(2)13-22-16-9-5-7-11-19(16)25-20(22)23/h4-11H,3,12-13H2,1-2H3/p+1. The van der Waals surface area contributed by atoms with Gasteiger partial charge in [-0.3, -0.25) is 0 Å². The Balaban J connectivity index is 1.65. The lowest BCUT2D eigenvalue weighted by atomic mass is 10.1. The smallest absolute Gasteiger partial charge is 0.424 e. The highest BCUT2D eigenvalue weighted by molar-refractivity contribution is 5.82. The third-order valence-electron chi connectivity index (χ3n) is 4.58. The second-order valence-corrected chi connectivity index (χ2v) is 6.41. The predicted octanol–water partition coefficient (Wildman–Crippen LogP) is 2.58. The van der Waals surface area contributed by atoms with Crippen molar-refractivity contribution in [2.75, 3.05) is 7.05 Å². The van der Waals surface area contributed by atoms with Crippen LogP contribution in [0.2, 0.25) is 0 Å². The van der Waals surface area contributed by atoms with Gasteiger partial charge in [0, 0.05) is 11.8 Å². The fourth-order valence-corrected chi connectivity index (χ4v) is 3.42. The summed E-state index contributed by atoms with van der Waals surface area (Å²) in [5, 5.41) is 1.16. The van der Waals surface area contributed by atoms with Gasteiger partial charge in [0.2, 0.25) is 0 Å². The van der Waals surface area contributed by atoms with Crippen molar-refractivity contribution < 1.29 is 13.7 Å². The number of aromatic nitrogens is 1. The number of fused-ring (bicyclic) bond motifs is 2. The monoisotopic (exact) mass is 337 g/mol. The third kappa shape index (κ3) is 2.76. The average Bonchev–Trinajstić information content (AvgIpc) is 3.13. The largest absolute Gasteiger partial charge is 0.461 e. The van der Waals surface area contributed by atoms with E-state index in [9.17, 15) is 4.79 Å². The number of nitrogens with zero attached hydrogens (tertiary/aromatic N) is 1. The van der Waals surface area contributed by atoms with Crippen molar-refractivity contribution in [3.63, 3.8) is 0 Å². The second kappa shape index (κ2) is 6.26. The van der Waals surface area contributed by atoms with E-state index in [1.807, 2.05) is 42.5 Å². The highest BCUT2D eigenvalue weighted by Gasteiger charge is 2.18. The summed E-state index contributed by atoms with van der Waals surface area (Å²) >= 11 is 0. The van der Waals surface area contributed by atoms with Crippen LogP contribution in [0.25, 0.3) is 22.1 Å². The second-order valence-electron chi connectivity index (χ2n) is 6.41. The van der Waals surface area contributed by atoms with Gasteiger partial charge >= 0.3 is 5.76 Å². The summed E-state index contributed by atoms with van der Waals surface area (Å²) in [5.74, 6) is 0.707. The first-order valence-electron chi connectivity index (χ1n) is 8.56. The summed E-state index contributed by atoms with van der Waals surface area (Å²) in [6.45, 7) is 3.43. The number of hydrogen-bond donors (Lipinski definition) is 1. The van der Waals surface area contributed by atoms with Crippen LogP contribution in [-0.4, -0.2) is 11.6 Å². The van der Waals surface area contributed by atoms with E-state index >= 15 is 0 Å². The quantitative estimate of drug-likeness (QED) is 0.609. The number of benzene rings is 2. The number of oxazole rings is 1. The number of furan rings is 1. The molecule has 0 radical (unpaired) electrons. The minimum Gasteiger partial charge on any atom is -0.461 e. The van der Waals surface area contributed by atoms with Crippen LogP contribution in [0.15, 0.2) is 62.2 Å². The molecule has 5 nitrogen and oxygen atoms in total. The van der Waals surface area contributed by atoms with Gasteiger partial charge in [0.05, 0.1) is 18.1 Å². The fourth-order valence-electron chi connectivity index (χ4n) is 3.42. The van der Waals surface area contributed by atoms with Gasteiger partial charge in [-0.1, -0.05) is 37.3 Å². The molecule has 0 saturated carbocycles. The van der Waals surface area contributed by atoms with Crippen molar-refractivity contribution in [3.05, 3.63) is 70.4 Å². The molecule has 4 aromatic rings. The Labute approximate surface area is 145 Å². The van der Waals surface area contributed by atoms with Gasteiger partial charge in [-0.05, 0) is 18.2 Å². The van der Waals surface area contributed by atoms with Gasteiger partial charge in [0.25, 0.3) is 0 Å². The van der Waals surface area contributed by atoms with Crippen molar-refractivity contribution in [2.45, 2.75) is 26.6 Å². The SMILES string of the molecule is CCc1oc2ccccc2c1C[NH+](C)Cn1c(=O)oc2ccccc21. The molecule has 0 fully saturated rings. The number of hydrogen-bond acceptors (Lipinski definition) is 3. The van der Waals surface area contributed by atoms with Crippen LogP contribution < -0.4 is 10.7 Å². The molecule has 2 aromatic heterocycles. The van der Waals surface area contributed by atoms with Crippen LogP contribution in [0.1, 0.15) is 18.2 Å². The average molecular weight is 337 g/mol. The first-order valence-corrected chi connectivity index (χ1v) is 8.56. The van der Waals surface area contributed by atoms with E-state index in [2.05, 4.69) is 20.0 Å². The van der Waals surface area contributed by atoms with Crippen molar-refractivity contribution in [3.8, 4) is 0 Å². The number of quaternary nitrogens is 1. The molecule has 2 aromatic carbocycles. The number of para-hydroxylation sites is 3. The Morgan fingerprint density at radius 1 is 1.00 bits per heavy atom. The predicted molar refractivity (Wildman–Crippen MR) is 96.7 cm³/mol. The van der Waals surface area contributed by atoms with Crippen LogP contribution in [0.4, 0.5) is 0 Å². The minimum atomic E-state index is -0.312. The van der Waals surface area contributed by atoms with Gasteiger partial charge < -0.3 is 13.7 Å². The van der Waals surface area contributed by atoms with Gasteiger partial charge in [0.15, 0.2) is 12.3 Å². The summed E-state index contributed by atoms with van der Waals surface area (Å²) in [6.07, 6.45) is 0.853. The first kappa shape index (κ1) is 15.7. The number of rotatable bonds is 5. The molecule has 0 amide bonds. The van der Waals surface area contributed by atoms with Gasteiger partial charge in [-0.25, -0.2) is 9.36 Å². The van der Waals surface area contributed by atoms with Crippen LogP contribution in [0.5, 0.6) is 0 Å². The summed E-state index contributed by atoms with van der Waals surface area (Å²) in [6, 6.07) is 15.6. The topological polar surface area (TPSA) is 52.7 Å². The normalized spacial score (nSPS) is 12.9. The van der Waals surface area contributed by atoms with E-state index in [1.54, 1.807) is 4.57 Å². The van der Waals surface area contributed by atoms with Gasteiger partial charge in [-0.2, -0.15) is 0 Å². The molecule has 1 unspecified atom stereocenters. The maximum Gasteiger partial charge on any atom is 0.424 e. The molecule has 2 heterocycles. The lowest BCUT2D eigenvalue weighted by Crippen LogP contribution is -3.07. The zero-order valence-corrected chi connectivity index (χ0v) is 14.4. The molecule has 5 heteroatoms. The molecule has 0 spiro atoms. The van der Waals surface area contributed by atoms with E-state index in [0.29, 0.717) is 12.3 Å². The minimum absolute atomic E-state index is 0.312. The zero-order valence-electron chi connectivity index (χ0n) is 14.4. The molecule has 1 N–H and O–H groups in total. The van der Waals surface area contributed by atoms with E-state index in [-0.39, 0.29) is 5.76 Å². The summed E-state index contributed by atoms with van der Waals surface area (Å²) in [5.41, 5.74) is 3.60. The van der Waals surface area contributed by atoms with Crippen molar-refractivity contribution >= 4 is 22.1 Å². The van der Waals surface area contributed by atoms with E-state index < -0.39 is 0 Å². The molecule has 4 rings (SSSR count). The van der Waals surface area contributed by atoms with Gasteiger partial charge in [0.1, 0.15) is 17.9 Å². The molecule has 0 bridgehead atoms. The Bertz CT molecular complexity index is 1090. The van der Waals surface area contributed by atoms with Crippen LogP contribution >= 0.6 is 0 Å². The maximum absolute atomic E-state index is 12.2. The summed E-state index contributed by atoms with van der Waals surface area (Å²) < 4.78 is 13.0. The fraction of sp³-hybridized carbons (Fsp3) is 0.250. The highest BCUT2D eigenvalue weighted by atomic mass is 16.4. The molecule has 0 aliphatic heterocycles. The molecule has 25 heavy (non-hydrogen) atoms. The van der Waals surface area contributed by atoms with E-state index in [4.69, 9.17) is 8.83 Å². The number of nitrogens with one attached hydrogen (secondary N) is 1. The number of aryl methyl sites for hydroxylation is 1. The van der Waals surface area contributed by atoms with Gasteiger partial charge in [-0.15, -0.1) is 0 Å². The molecular formula is C20H21N2O3+. The van der Waals surface area contributed by atoms with Crippen molar-refractivity contribution in [1.29, 1.82) is 0 Å². The molecule has 0 aliphatic rings.